The SMILES string of the molecule is COC[C@H]1CCCN1Cc1nc(C2(O)CCN(C3CCC3)CC2)cs1. The van der Waals surface area contributed by atoms with Gasteiger partial charge in [0, 0.05) is 37.7 Å². The van der Waals surface area contributed by atoms with Crippen molar-refractivity contribution in [3.05, 3.63) is 16.1 Å². The highest BCUT2D eigenvalue weighted by Gasteiger charge is 2.39. The molecule has 0 spiro atoms. The van der Waals surface area contributed by atoms with Gasteiger partial charge < -0.3 is 14.7 Å². The smallest absolute Gasteiger partial charge is 0.110 e. The molecule has 1 aromatic heterocycles. The highest BCUT2D eigenvalue weighted by atomic mass is 32.1. The molecule has 140 valence electrons. The molecule has 1 atom stereocenters. The summed E-state index contributed by atoms with van der Waals surface area (Å²) in [7, 11) is 1.78. The van der Waals surface area contributed by atoms with Crippen LogP contribution in [0.3, 0.4) is 0 Å². The molecule has 1 saturated carbocycles. The fourth-order valence-electron chi connectivity index (χ4n) is 4.52. The molecule has 3 fully saturated rings. The Morgan fingerprint density at radius 3 is 2.72 bits per heavy atom. The second kappa shape index (κ2) is 7.61. The van der Waals surface area contributed by atoms with Crippen LogP contribution in [0.15, 0.2) is 5.38 Å². The number of nitrogens with zero attached hydrogens (tertiary/aromatic N) is 3. The first-order valence-corrected chi connectivity index (χ1v) is 10.7. The van der Waals surface area contributed by atoms with E-state index in [-0.39, 0.29) is 0 Å². The lowest BCUT2D eigenvalue weighted by Gasteiger charge is -2.44. The average Bonchev–Trinajstić information content (AvgIpc) is 3.19. The topological polar surface area (TPSA) is 48.8 Å². The Bertz CT molecular complexity index is 567. The predicted molar refractivity (Wildman–Crippen MR) is 99.8 cm³/mol. The monoisotopic (exact) mass is 365 g/mol. The number of hydrogen-bond donors (Lipinski definition) is 1. The highest BCUT2D eigenvalue weighted by Crippen LogP contribution is 2.37. The summed E-state index contributed by atoms with van der Waals surface area (Å²) in [5.74, 6) is 0. The van der Waals surface area contributed by atoms with Gasteiger partial charge in [0.2, 0.25) is 0 Å². The minimum Gasteiger partial charge on any atom is -0.383 e. The number of hydrogen-bond acceptors (Lipinski definition) is 6. The van der Waals surface area contributed by atoms with Crippen LogP contribution in [0.1, 0.15) is 55.6 Å². The molecule has 0 bridgehead atoms. The van der Waals surface area contributed by atoms with Gasteiger partial charge >= 0.3 is 0 Å². The summed E-state index contributed by atoms with van der Waals surface area (Å²) in [6.07, 6.45) is 8.17. The minimum absolute atomic E-state index is 0.520. The third-order valence-electron chi connectivity index (χ3n) is 6.44. The van der Waals surface area contributed by atoms with Gasteiger partial charge in [0.25, 0.3) is 0 Å². The molecule has 0 amide bonds. The molecule has 5 nitrogen and oxygen atoms in total. The van der Waals surface area contributed by atoms with E-state index in [1.54, 1.807) is 18.4 Å². The summed E-state index contributed by atoms with van der Waals surface area (Å²) in [4.78, 5) is 9.89. The van der Waals surface area contributed by atoms with Gasteiger partial charge in [0.05, 0.1) is 18.8 Å². The van der Waals surface area contributed by atoms with Gasteiger partial charge in [0.1, 0.15) is 10.6 Å². The molecule has 0 aromatic carbocycles. The number of likely N-dealkylation sites (tertiary alicyclic amines) is 2. The van der Waals surface area contributed by atoms with Gasteiger partial charge in [-0.05, 0) is 45.1 Å². The summed E-state index contributed by atoms with van der Waals surface area (Å²) in [5.41, 5.74) is 0.189. The molecule has 6 heteroatoms. The number of thiazole rings is 1. The zero-order valence-corrected chi connectivity index (χ0v) is 16.1. The van der Waals surface area contributed by atoms with Gasteiger partial charge in [-0.25, -0.2) is 4.98 Å². The summed E-state index contributed by atoms with van der Waals surface area (Å²) in [5, 5.41) is 14.4. The van der Waals surface area contributed by atoms with Gasteiger partial charge in [0.15, 0.2) is 0 Å². The summed E-state index contributed by atoms with van der Waals surface area (Å²) < 4.78 is 5.35. The molecular formula is C19H31N3O2S. The Kier molecular flexibility index (Phi) is 5.43. The lowest BCUT2D eigenvalue weighted by atomic mass is 9.84. The van der Waals surface area contributed by atoms with Crippen molar-refractivity contribution in [2.45, 2.75) is 69.2 Å². The molecule has 4 rings (SSSR count). The standard InChI is InChI=1S/C19H31N3O2S/c1-24-13-16-6-3-9-22(16)12-18-20-17(14-25-18)19(23)7-10-21(11-8-19)15-4-2-5-15/h14-16,23H,2-13H2,1H3/t16-/m1/s1. The highest BCUT2D eigenvalue weighted by molar-refractivity contribution is 7.09. The third kappa shape index (κ3) is 3.78. The van der Waals surface area contributed by atoms with Crippen molar-refractivity contribution in [3.8, 4) is 0 Å². The normalized spacial score (nSPS) is 28.3. The van der Waals surface area contributed by atoms with Crippen LogP contribution in [0.2, 0.25) is 0 Å². The maximum absolute atomic E-state index is 11.1. The van der Waals surface area contributed by atoms with Crippen LogP contribution in [-0.2, 0) is 16.9 Å². The van der Waals surface area contributed by atoms with Crippen molar-refractivity contribution in [2.24, 2.45) is 0 Å². The van der Waals surface area contributed by atoms with E-state index in [0.29, 0.717) is 6.04 Å². The fourth-order valence-corrected chi connectivity index (χ4v) is 5.43. The summed E-state index contributed by atoms with van der Waals surface area (Å²) in [6, 6.07) is 1.30. The second-order valence-electron chi connectivity index (χ2n) is 8.00. The lowest BCUT2D eigenvalue weighted by molar-refractivity contribution is -0.0468. The quantitative estimate of drug-likeness (QED) is 0.840. The van der Waals surface area contributed by atoms with Crippen LogP contribution >= 0.6 is 11.3 Å². The fraction of sp³-hybridized carbons (Fsp3) is 0.842. The van der Waals surface area contributed by atoms with E-state index in [1.807, 2.05) is 0 Å². The van der Waals surface area contributed by atoms with Crippen molar-refractivity contribution in [1.82, 2.24) is 14.8 Å². The maximum atomic E-state index is 11.1. The molecule has 2 aliphatic heterocycles. The molecular weight excluding hydrogens is 334 g/mol. The Labute approximate surface area is 155 Å². The van der Waals surface area contributed by atoms with Crippen LogP contribution in [0, 0.1) is 0 Å². The first-order valence-electron chi connectivity index (χ1n) is 9.82. The number of methoxy groups -OCH3 is 1. The van der Waals surface area contributed by atoms with Crippen molar-refractivity contribution in [3.63, 3.8) is 0 Å². The molecule has 1 aliphatic carbocycles. The molecule has 1 aromatic rings. The van der Waals surface area contributed by atoms with Crippen molar-refractivity contribution in [1.29, 1.82) is 0 Å². The van der Waals surface area contributed by atoms with Crippen molar-refractivity contribution < 1.29 is 9.84 Å². The van der Waals surface area contributed by atoms with Crippen LogP contribution in [0.25, 0.3) is 0 Å². The van der Waals surface area contributed by atoms with E-state index in [1.165, 1.54) is 32.1 Å². The Morgan fingerprint density at radius 2 is 2.04 bits per heavy atom. The van der Waals surface area contributed by atoms with E-state index in [0.717, 1.165) is 62.4 Å². The van der Waals surface area contributed by atoms with Gasteiger partial charge in [-0.1, -0.05) is 6.42 Å². The predicted octanol–water partition coefficient (Wildman–Crippen LogP) is 2.59. The molecule has 2 saturated heterocycles. The van der Waals surface area contributed by atoms with E-state index in [4.69, 9.17) is 9.72 Å². The molecule has 1 N–H and O–H groups in total. The number of aromatic nitrogens is 1. The number of ether oxygens (including phenoxy) is 1. The van der Waals surface area contributed by atoms with E-state index >= 15 is 0 Å². The van der Waals surface area contributed by atoms with Crippen molar-refractivity contribution in [2.75, 3.05) is 33.4 Å². The summed E-state index contributed by atoms with van der Waals surface area (Å²) >= 11 is 1.70. The Balaban J connectivity index is 1.36. The van der Waals surface area contributed by atoms with E-state index < -0.39 is 5.60 Å². The Morgan fingerprint density at radius 1 is 1.24 bits per heavy atom. The van der Waals surface area contributed by atoms with Gasteiger partial charge in [-0.15, -0.1) is 11.3 Å². The molecule has 0 radical (unpaired) electrons. The second-order valence-corrected chi connectivity index (χ2v) is 8.94. The first-order chi connectivity index (χ1) is 12.2. The maximum Gasteiger partial charge on any atom is 0.110 e. The van der Waals surface area contributed by atoms with E-state index in [9.17, 15) is 5.11 Å². The number of rotatable bonds is 6. The van der Waals surface area contributed by atoms with Crippen LogP contribution < -0.4 is 0 Å². The molecule has 0 unspecified atom stereocenters. The molecule has 3 aliphatic rings. The largest absolute Gasteiger partial charge is 0.383 e. The van der Waals surface area contributed by atoms with Crippen LogP contribution in [-0.4, -0.2) is 65.3 Å². The molecule has 25 heavy (non-hydrogen) atoms. The first kappa shape index (κ1) is 17.9. The molecule has 3 heterocycles. The van der Waals surface area contributed by atoms with E-state index in [2.05, 4.69) is 15.2 Å². The number of aliphatic hydroxyl groups is 1. The average molecular weight is 366 g/mol. The summed E-state index contributed by atoms with van der Waals surface area (Å²) in [6.45, 7) is 4.85. The zero-order valence-electron chi connectivity index (χ0n) is 15.3. The third-order valence-corrected chi connectivity index (χ3v) is 7.27. The van der Waals surface area contributed by atoms with Crippen LogP contribution in [0.4, 0.5) is 0 Å². The minimum atomic E-state index is -0.716. The zero-order chi connectivity index (χ0) is 17.3. The van der Waals surface area contributed by atoms with Gasteiger partial charge in [-0.2, -0.15) is 0 Å². The van der Waals surface area contributed by atoms with Crippen LogP contribution in [0.5, 0.6) is 0 Å². The Hall–Kier alpha value is -0.530. The van der Waals surface area contributed by atoms with Crippen molar-refractivity contribution >= 4 is 11.3 Å². The number of piperidine rings is 1. The lowest BCUT2D eigenvalue weighted by Crippen LogP contribution is -2.49. The van der Waals surface area contributed by atoms with Gasteiger partial charge in [-0.3, -0.25) is 4.90 Å².